The van der Waals surface area contributed by atoms with Gasteiger partial charge in [-0.15, -0.1) is 11.3 Å². The fraction of sp³-hybridized carbons (Fsp3) is 0.176. The van der Waals surface area contributed by atoms with Crippen LogP contribution in [0.15, 0.2) is 52.4 Å². The first-order valence-electron chi connectivity index (χ1n) is 7.18. The van der Waals surface area contributed by atoms with Gasteiger partial charge in [0.2, 0.25) is 5.91 Å². The average molecular weight is 327 g/mol. The van der Waals surface area contributed by atoms with Gasteiger partial charge in [-0.05, 0) is 35.7 Å². The molecule has 0 aliphatic carbocycles. The molecule has 23 heavy (non-hydrogen) atoms. The SMILES string of the molecule is CN(C)c1ccc(NC(=O)Cc2cc(-c3cccs3)on2)cc1. The van der Waals surface area contributed by atoms with Crippen molar-refractivity contribution in [1.29, 1.82) is 0 Å². The quantitative estimate of drug-likeness (QED) is 0.777. The number of hydrogen-bond donors (Lipinski definition) is 1. The van der Waals surface area contributed by atoms with Gasteiger partial charge in [-0.2, -0.15) is 0 Å². The molecular weight excluding hydrogens is 310 g/mol. The summed E-state index contributed by atoms with van der Waals surface area (Å²) in [4.78, 5) is 15.1. The molecule has 1 amide bonds. The predicted octanol–water partition coefficient (Wildman–Crippen LogP) is 3.65. The van der Waals surface area contributed by atoms with E-state index in [0.29, 0.717) is 11.5 Å². The molecule has 0 bridgehead atoms. The van der Waals surface area contributed by atoms with Crippen molar-refractivity contribution in [2.24, 2.45) is 0 Å². The van der Waals surface area contributed by atoms with Crippen LogP contribution in [0.2, 0.25) is 0 Å². The zero-order valence-electron chi connectivity index (χ0n) is 12.9. The van der Waals surface area contributed by atoms with E-state index in [9.17, 15) is 4.79 Å². The van der Waals surface area contributed by atoms with Crippen molar-refractivity contribution < 1.29 is 9.32 Å². The standard InChI is InChI=1S/C17H17N3O2S/c1-20(2)14-7-5-12(6-8-14)18-17(21)11-13-10-15(22-19-13)16-4-3-9-23-16/h3-10H,11H2,1-2H3,(H,18,21). The Hall–Kier alpha value is -2.60. The number of carbonyl (C=O) groups is 1. The molecule has 0 saturated heterocycles. The Bertz CT molecular complexity index is 777. The van der Waals surface area contributed by atoms with E-state index in [0.717, 1.165) is 16.3 Å². The topological polar surface area (TPSA) is 58.4 Å². The number of nitrogens with zero attached hydrogens (tertiary/aromatic N) is 2. The number of hydrogen-bond acceptors (Lipinski definition) is 5. The second kappa shape index (κ2) is 6.66. The molecule has 0 radical (unpaired) electrons. The van der Waals surface area contributed by atoms with Crippen LogP contribution >= 0.6 is 11.3 Å². The van der Waals surface area contributed by atoms with E-state index < -0.39 is 0 Å². The van der Waals surface area contributed by atoms with E-state index >= 15 is 0 Å². The van der Waals surface area contributed by atoms with Gasteiger partial charge in [0, 0.05) is 31.5 Å². The highest BCUT2D eigenvalue weighted by Gasteiger charge is 2.11. The first kappa shape index (κ1) is 15.3. The molecule has 6 heteroatoms. The van der Waals surface area contributed by atoms with Crippen LogP contribution in [-0.4, -0.2) is 25.2 Å². The zero-order chi connectivity index (χ0) is 16.2. The normalized spacial score (nSPS) is 10.5. The Morgan fingerprint density at radius 2 is 2.04 bits per heavy atom. The van der Waals surface area contributed by atoms with Gasteiger partial charge in [0.25, 0.3) is 0 Å². The number of anilines is 2. The summed E-state index contributed by atoms with van der Waals surface area (Å²) in [5.41, 5.74) is 2.47. The maximum Gasteiger partial charge on any atom is 0.230 e. The molecule has 0 saturated carbocycles. The number of thiophene rings is 1. The summed E-state index contributed by atoms with van der Waals surface area (Å²) in [5.74, 6) is 0.576. The average Bonchev–Trinajstić information content (AvgIpc) is 3.18. The highest BCUT2D eigenvalue weighted by atomic mass is 32.1. The monoisotopic (exact) mass is 327 g/mol. The molecule has 5 nitrogen and oxygen atoms in total. The van der Waals surface area contributed by atoms with Crippen molar-refractivity contribution in [1.82, 2.24) is 5.16 Å². The summed E-state index contributed by atoms with van der Waals surface area (Å²) in [7, 11) is 3.95. The highest BCUT2D eigenvalue weighted by Crippen LogP contribution is 2.25. The molecule has 0 aliphatic rings. The van der Waals surface area contributed by atoms with Crippen molar-refractivity contribution >= 4 is 28.6 Å². The fourth-order valence-corrected chi connectivity index (χ4v) is 2.82. The van der Waals surface area contributed by atoms with Gasteiger partial charge in [0.15, 0.2) is 5.76 Å². The van der Waals surface area contributed by atoms with E-state index in [-0.39, 0.29) is 12.3 Å². The summed E-state index contributed by atoms with van der Waals surface area (Å²) in [5, 5.41) is 8.79. The highest BCUT2D eigenvalue weighted by molar-refractivity contribution is 7.13. The van der Waals surface area contributed by atoms with E-state index in [1.54, 1.807) is 17.4 Å². The second-order valence-electron chi connectivity index (χ2n) is 5.33. The summed E-state index contributed by atoms with van der Waals surface area (Å²) in [6.45, 7) is 0. The second-order valence-corrected chi connectivity index (χ2v) is 6.27. The van der Waals surface area contributed by atoms with Crippen LogP contribution in [0.5, 0.6) is 0 Å². The van der Waals surface area contributed by atoms with Crippen LogP contribution in [0, 0.1) is 0 Å². The molecule has 0 aliphatic heterocycles. The van der Waals surface area contributed by atoms with Crippen molar-refractivity contribution in [2.75, 3.05) is 24.3 Å². The minimum atomic E-state index is -0.117. The molecule has 1 aromatic carbocycles. The fourth-order valence-electron chi connectivity index (χ4n) is 2.14. The van der Waals surface area contributed by atoms with Crippen molar-refractivity contribution in [3.8, 4) is 10.6 Å². The van der Waals surface area contributed by atoms with E-state index in [4.69, 9.17) is 4.52 Å². The van der Waals surface area contributed by atoms with Gasteiger partial charge in [-0.1, -0.05) is 11.2 Å². The Labute approximate surface area is 138 Å². The maximum atomic E-state index is 12.1. The van der Waals surface area contributed by atoms with E-state index in [1.807, 2.05) is 60.8 Å². The third-order valence-corrected chi connectivity index (χ3v) is 4.22. The van der Waals surface area contributed by atoms with Gasteiger partial charge in [-0.3, -0.25) is 4.79 Å². The van der Waals surface area contributed by atoms with Crippen molar-refractivity contribution in [2.45, 2.75) is 6.42 Å². The largest absolute Gasteiger partial charge is 0.378 e. The van der Waals surface area contributed by atoms with Crippen LogP contribution in [0.1, 0.15) is 5.69 Å². The van der Waals surface area contributed by atoms with Gasteiger partial charge in [0.05, 0.1) is 17.0 Å². The smallest absolute Gasteiger partial charge is 0.230 e. The van der Waals surface area contributed by atoms with Gasteiger partial charge in [0.1, 0.15) is 0 Å². The van der Waals surface area contributed by atoms with Gasteiger partial charge >= 0.3 is 0 Å². The van der Waals surface area contributed by atoms with Gasteiger partial charge < -0.3 is 14.7 Å². The van der Waals surface area contributed by atoms with Crippen LogP contribution in [0.3, 0.4) is 0 Å². The number of aromatic nitrogens is 1. The number of benzene rings is 1. The lowest BCUT2D eigenvalue weighted by Gasteiger charge is -2.12. The number of rotatable bonds is 5. The first-order chi connectivity index (χ1) is 11.1. The van der Waals surface area contributed by atoms with Crippen LogP contribution < -0.4 is 10.2 Å². The molecule has 0 unspecified atom stereocenters. The Balaban J connectivity index is 1.61. The van der Waals surface area contributed by atoms with Crippen molar-refractivity contribution in [3.63, 3.8) is 0 Å². The van der Waals surface area contributed by atoms with Crippen LogP contribution in [-0.2, 0) is 11.2 Å². The lowest BCUT2D eigenvalue weighted by atomic mass is 10.2. The molecule has 3 aromatic rings. The minimum Gasteiger partial charge on any atom is -0.378 e. The zero-order valence-corrected chi connectivity index (χ0v) is 13.8. The molecule has 1 N–H and O–H groups in total. The Kier molecular flexibility index (Phi) is 4.43. The Morgan fingerprint density at radius 3 is 2.70 bits per heavy atom. The lowest BCUT2D eigenvalue weighted by Crippen LogP contribution is -2.15. The first-order valence-corrected chi connectivity index (χ1v) is 8.06. The molecule has 0 atom stereocenters. The number of carbonyl (C=O) groups excluding carboxylic acids is 1. The molecule has 2 heterocycles. The minimum absolute atomic E-state index is 0.117. The molecule has 118 valence electrons. The van der Waals surface area contributed by atoms with Crippen LogP contribution in [0.25, 0.3) is 10.6 Å². The Morgan fingerprint density at radius 1 is 1.26 bits per heavy atom. The van der Waals surface area contributed by atoms with E-state index in [1.165, 1.54) is 0 Å². The molecule has 3 rings (SSSR count). The van der Waals surface area contributed by atoms with Crippen molar-refractivity contribution in [3.05, 3.63) is 53.5 Å². The summed E-state index contributed by atoms with van der Waals surface area (Å²) in [6, 6.07) is 13.4. The number of amides is 1. The number of nitrogens with one attached hydrogen (secondary N) is 1. The van der Waals surface area contributed by atoms with Crippen LogP contribution in [0.4, 0.5) is 11.4 Å². The van der Waals surface area contributed by atoms with E-state index in [2.05, 4.69) is 10.5 Å². The van der Waals surface area contributed by atoms with Gasteiger partial charge in [-0.25, -0.2) is 0 Å². The third kappa shape index (κ3) is 3.78. The predicted molar refractivity (Wildman–Crippen MR) is 92.9 cm³/mol. The molecular formula is C17H17N3O2S. The third-order valence-electron chi connectivity index (χ3n) is 3.33. The summed E-state index contributed by atoms with van der Waals surface area (Å²) < 4.78 is 5.28. The summed E-state index contributed by atoms with van der Waals surface area (Å²) in [6.07, 6.45) is 0.185. The maximum absolute atomic E-state index is 12.1. The molecule has 0 fully saturated rings. The molecule has 0 spiro atoms. The summed E-state index contributed by atoms with van der Waals surface area (Å²) >= 11 is 1.58. The lowest BCUT2D eigenvalue weighted by molar-refractivity contribution is -0.115. The molecule has 2 aromatic heterocycles.